The number of likely N-dealkylation sites (tertiary alicyclic amines) is 2. The zero-order chi connectivity index (χ0) is 21.3. The lowest BCUT2D eigenvalue weighted by Crippen LogP contribution is -2.49. The Hall–Kier alpha value is -2.02. The van der Waals surface area contributed by atoms with Crippen LogP contribution in [0.15, 0.2) is 42.5 Å². The molecule has 2 heterocycles. The summed E-state index contributed by atoms with van der Waals surface area (Å²) in [6.07, 6.45) is 0.841. The molecule has 7 heteroatoms. The Kier molecular flexibility index (Phi) is 6.37. The molecule has 2 aliphatic rings. The number of methoxy groups -OCH3 is 1. The van der Waals surface area contributed by atoms with Crippen molar-refractivity contribution in [3.05, 3.63) is 70.2 Å². The molecule has 0 radical (unpaired) electrons. The van der Waals surface area contributed by atoms with Gasteiger partial charge in [-0.05, 0) is 41.8 Å². The number of fused-ring (bicyclic) bond motifs is 1. The molecule has 0 bridgehead atoms. The molecule has 0 unspecified atom stereocenters. The molecule has 0 aliphatic carbocycles. The van der Waals surface area contributed by atoms with Crippen LogP contribution in [0.2, 0.25) is 5.02 Å². The van der Waals surface area contributed by atoms with Gasteiger partial charge in [-0.2, -0.15) is 0 Å². The summed E-state index contributed by atoms with van der Waals surface area (Å²) in [4.78, 5) is 16.6. The molecule has 0 aromatic heterocycles. The predicted molar refractivity (Wildman–Crippen MR) is 111 cm³/mol. The number of hydrogen-bond acceptors (Lipinski definition) is 3. The van der Waals surface area contributed by atoms with Crippen molar-refractivity contribution in [2.75, 3.05) is 33.4 Å². The number of halogens is 3. The summed E-state index contributed by atoms with van der Waals surface area (Å²) in [5.41, 5.74) is 1.94. The van der Waals surface area contributed by atoms with E-state index in [1.807, 2.05) is 29.2 Å². The van der Waals surface area contributed by atoms with Crippen LogP contribution < -0.4 is 0 Å². The van der Waals surface area contributed by atoms with E-state index in [0.29, 0.717) is 18.1 Å². The number of carbonyl (C=O) groups excluding carboxylic acids is 1. The van der Waals surface area contributed by atoms with Crippen molar-refractivity contribution in [2.45, 2.75) is 24.9 Å². The highest BCUT2D eigenvalue weighted by molar-refractivity contribution is 6.30. The Balaban J connectivity index is 1.59. The van der Waals surface area contributed by atoms with Gasteiger partial charge in [-0.15, -0.1) is 0 Å². The summed E-state index contributed by atoms with van der Waals surface area (Å²) >= 11 is 6.01. The molecule has 2 aliphatic heterocycles. The van der Waals surface area contributed by atoms with Gasteiger partial charge in [0.2, 0.25) is 5.91 Å². The quantitative estimate of drug-likeness (QED) is 0.710. The van der Waals surface area contributed by atoms with Crippen LogP contribution in [0.25, 0.3) is 0 Å². The molecule has 30 heavy (non-hydrogen) atoms. The zero-order valence-electron chi connectivity index (χ0n) is 16.9. The molecule has 2 saturated heterocycles. The SMILES string of the molecule is COCC(=O)N1CC[C@@H]2[C@H](C1)[C@@H](c1ccc(F)c(F)c1)CN2Cc1ccc(Cl)cc1. The van der Waals surface area contributed by atoms with E-state index in [0.717, 1.165) is 30.6 Å². The summed E-state index contributed by atoms with van der Waals surface area (Å²) < 4.78 is 32.5. The van der Waals surface area contributed by atoms with Crippen LogP contribution >= 0.6 is 11.6 Å². The molecular weight excluding hydrogens is 410 g/mol. The number of nitrogens with zero attached hydrogens (tertiary/aromatic N) is 2. The number of hydrogen-bond donors (Lipinski definition) is 0. The summed E-state index contributed by atoms with van der Waals surface area (Å²) in [5, 5.41) is 0.697. The molecule has 160 valence electrons. The van der Waals surface area contributed by atoms with Gasteiger partial charge < -0.3 is 9.64 Å². The first kappa shape index (κ1) is 21.2. The van der Waals surface area contributed by atoms with E-state index in [1.54, 1.807) is 6.07 Å². The maximum atomic E-state index is 14.0. The zero-order valence-corrected chi connectivity index (χ0v) is 17.6. The first-order chi connectivity index (χ1) is 14.5. The normalized spacial score (nSPS) is 24.1. The Morgan fingerprint density at radius 1 is 1.13 bits per heavy atom. The molecule has 2 aromatic rings. The van der Waals surface area contributed by atoms with Crippen molar-refractivity contribution in [1.82, 2.24) is 9.80 Å². The third kappa shape index (κ3) is 4.36. The lowest BCUT2D eigenvalue weighted by atomic mass is 9.81. The van der Waals surface area contributed by atoms with Crippen molar-refractivity contribution in [3.8, 4) is 0 Å². The second kappa shape index (κ2) is 9.00. The van der Waals surface area contributed by atoms with Crippen molar-refractivity contribution in [2.24, 2.45) is 5.92 Å². The van der Waals surface area contributed by atoms with Crippen molar-refractivity contribution >= 4 is 17.5 Å². The molecular formula is C23H25ClF2N2O2. The van der Waals surface area contributed by atoms with E-state index < -0.39 is 11.6 Å². The molecule has 1 amide bonds. The fraction of sp³-hybridized carbons (Fsp3) is 0.435. The van der Waals surface area contributed by atoms with Gasteiger partial charge in [0, 0.05) is 56.2 Å². The van der Waals surface area contributed by atoms with Gasteiger partial charge in [-0.3, -0.25) is 9.69 Å². The fourth-order valence-corrected chi connectivity index (χ4v) is 5.01. The highest BCUT2D eigenvalue weighted by atomic mass is 35.5. The Morgan fingerprint density at radius 3 is 2.60 bits per heavy atom. The minimum Gasteiger partial charge on any atom is -0.375 e. The van der Waals surface area contributed by atoms with Crippen LogP contribution in [0, 0.1) is 17.6 Å². The van der Waals surface area contributed by atoms with Gasteiger partial charge in [0.05, 0.1) is 0 Å². The number of ether oxygens (including phenoxy) is 1. The molecule has 4 rings (SSSR count). The van der Waals surface area contributed by atoms with E-state index in [4.69, 9.17) is 16.3 Å². The second-order valence-electron chi connectivity index (χ2n) is 8.13. The maximum absolute atomic E-state index is 14.0. The fourth-order valence-electron chi connectivity index (χ4n) is 4.88. The third-order valence-electron chi connectivity index (χ3n) is 6.33. The molecule has 3 atom stereocenters. The standard InChI is InChI=1S/C23H25ClF2N2O2/c1-30-14-23(29)27-9-8-22-19(13-27)18(16-4-7-20(25)21(26)10-16)12-28(22)11-15-2-5-17(24)6-3-15/h2-7,10,18-19,22H,8-9,11-14H2,1H3/t18-,19-,22-/m1/s1. The lowest BCUT2D eigenvalue weighted by Gasteiger charge is -2.39. The van der Waals surface area contributed by atoms with E-state index in [-0.39, 0.29) is 30.4 Å². The largest absolute Gasteiger partial charge is 0.375 e. The summed E-state index contributed by atoms with van der Waals surface area (Å²) in [5.74, 6) is -1.53. The van der Waals surface area contributed by atoms with Crippen molar-refractivity contribution in [1.29, 1.82) is 0 Å². The Labute approximate surface area is 180 Å². The number of piperidine rings is 1. The van der Waals surface area contributed by atoms with Gasteiger partial charge in [0.25, 0.3) is 0 Å². The van der Waals surface area contributed by atoms with Crippen LogP contribution in [0.5, 0.6) is 0 Å². The van der Waals surface area contributed by atoms with E-state index >= 15 is 0 Å². The number of rotatable bonds is 5. The average molecular weight is 435 g/mol. The van der Waals surface area contributed by atoms with Crippen molar-refractivity contribution < 1.29 is 18.3 Å². The minimum absolute atomic E-state index is 0.0237. The van der Waals surface area contributed by atoms with Crippen LogP contribution in [-0.4, -0.2) is 55.1 Å². The Morgan fingerprint density at radius 2 is 1.90 bits per heavy atom. The third-order valence-corrected chi connectivity index (χ3v) is 6.58. The number of amides is 1. The van der Waals surface area contributed by atoms with E-state index in [9.17, 15) is 13.6 Å². The monoisotopic (exact) mass is 434 g/mol. The highest BCUT2D eigenvalue weighted by Crippen LogP contribution is 2.42. The Bertz CT molecular complexity index is 909. The van der Waals surface area contributed by atoms with Gasteiger partial charge >= 0.3 is 0 Å². The summed E-state index contributed by atoms with van der Waals surface area (Å²) in [6.45, 7) is 2.81. The van der Waals surface area contributed by atoms with Crippen LogP contribution in [0.1, 0.15) is 23.5 Å². The first-order valence-corrected chi connectivity index (χ1v) is 10.5. The second-order valence-corrected chi connectivity index (χ2v) is 8.57. The molecule has 4 nitrogen and oxygen atoms in total. The van der Waals surface area contributed by atoms with Gasteiger partial charge in [0.1, 0.15) is 6.61 Å². The van der Waals surface area contributed by atoms with Gasteiger partial charge in [-0.1, -0.05) is 29.8 Å². The smallest absolute Gasteiger partial charge is 0.248 e. The molecule has 0 spiro atoms. The van der Waals surface area contributed by atoms with Crippen molar-refractivity contribution in [3.63, 3.8) is 0 Å². The first-order valence-electron chi connectivity index (χ1n) is 10.2. The predicted octanol–water partition coefficient (Wildman–Crippen LogP) is 4.08. The topological polar surface area (TPSA) is 32.8 Å². The lowest BCUT2D eigenvalue weighted by molar-refractivity contribution is -0.137. The number of benzene rings is 2. The summed E-state index contributed by atoms with van der Waals surface area (Å²) in [7, 11) is 1.51. The van der Waals surface area contributed by atoms with Gasteiger partial charge in [-0.25, -0.2) is 8.78 Å². The highest BCUT2D eigenvalue weighted by Gasteiger charge is 2.45. The molecule has 0 saturated carbocycles. The van der Waals surface area contributed by atoms with Crippen LogP contribution in [0.4, 0.5) is 8.78 Å². The average Bonchev–Trinajstić information content (AvgIpc) is 3.09. The molecule has 2 fully saturated rings. The summed E-state index contributed by atoms with van der Waals surface area (Å²) in [6, 6.07) is 12.2. The van der Waals surface area contributed by atoms with E-state index in [1.165, 1.54) is 19.2 Å². The molecule has 0 N–H and O–H groups in total. The van der Waals surface area contributed by atoms with Gasteiger partial charge in [0.15, 0.2) is 11.6 Å². The maximum Gasteiger partial charge on any atom is 0.248 e. The minimum atomic E-state index is -0.841. The van der Waals surface area contributed by atoms with Crippen LogP contribution in [0.3, 0.4) is 0 Å². The number of carbonyl (C=O) groups is 1. The van der Waals surface area contributed by atoms with E-state index in [2.05, 4.69) is 4.90 Å². The van der Waals surface area contributed by atoms with Crippen LogP contribution in [-0.2, 0) is 16.1 Å². The molecule has 2 aromatic carbocycles.